The van der Waals surface area contributed by atoms with Crippen LogP contribution in [0.5, 0.6) is 0 Å². The Hall–Kier alpha value is -2.88. The number of nitrogens with zero attached hydrogens (tertiary/aromatic N) is 2. The summed E-state index contributed by atoms with van der Waals surface area (Å²) < 4.78 is 5.07. The number of carbonyl (C=O) groups excluding carboxylic acids is 1. The molecule has 2 heterocycles. The number of ether oxygens (including phenoxy) is 1. The molecule has 2 aliphatic heterocycles. The van der Waals surface area contributed by atoms with Gasteiger partial charge in [-0.3, -0.25) is 4.79 Å². The van der Waals surface area contributed by atoms with Gasteiger partial charge in [0.05, 0.1) is 30.3 Å². The molecule has 1 amide bonds. The van der Waals surface area contributed by atoms with E-state index in [1.54, 1.807) is 0 Å². The SMILES string of the molecule is COCC(=O)N1CC[C@@H]2[C@H]1c1cc(-c3ccc(C#N)cc3)ccc1N[C@@H]2CO. The summed E-state index contributed by atoms with van der Waals surface area (Å²) in [6.45, 7) is 0.756. The number of carbonyl (C=O) groups is 1. The number of nitriles is 1. The number of aliphatic hydroxyl groups excluding tert-OH is 1. The van der Waals surface area contributed by atoms with E-state index in [0.717, 1.165) is 28.8 Å². The lowest BCUT2D eigenvalue weighted by molar-refractivity contribution is -0.136. The lowest BCUT2D eigenvalue weighted by Crippen LogP contribution is -2.43. The predicted octanol–water partition coefficient (Wildman–Crippen LogP) is 2.55. The molecule has 144 valence electrons. The Bertz CT molecular complexity index is 920. The predicted molar refractivity (Wildman–Crippen MR) is 106 cm³/mol. The van der Waals surface area contributed by atoms with Gasteiger partial charge in [-0.2, -0.15) is 5.26 Å². The number of fused-ring (bicyclic) bond motifs is 3. The molecule has 2 aliphatic rings. The Morgan fingerprint density at radius 2 is 2.04 bits per heavy atom. The van der Waals surface area contributed by atoms with Gasteiger partial charge in [0.1, 0.15) is 6.61 Å². The van der Waals surface area contributed by atoms with Crippen LogP contribution in [-0.4, -0.2) is 48.8 Å². The van der Waals surface area contributed by atoms with Gasteiger partial charge >= 0.3 is 0 Å². The fourth-order valence-electron chi connectivity index (χ4n) is 4.47. The largest absolute Gasteiger partial charge is 0.394 e. The number of benzene rings is 2. The van der Waals surface area contributed by atoms with Crippen LogP contribution in [-0.2, 0) is 9.53 Å². The molecule has 0 spiro atoms. The first-order valence-electron chi connectivity index (χ1n) is 9.46. The molecule has 6 heteroatoms. The number of aliphatic hydroxyl groups is 1. The molecule has 2 aromatic carbocycles. The van der Waals surface area contributed by atoms with Crippen LogP contribution in [0.1, 0.15) is 23.6 Å². The Kier molecular flexibility index (Phi) is 5.03. The van der Waals surface area contributed by atoms with Crippen molar-refractivity contribution in [3.63, 3.8) is 0 Å². The van der Waals surface area contributed by atoms with E-state index < -0.39 is 0 Å². The molecule has 1 fully saturated rings. The molecule has 0 aromatic heterocycles. The van der Waals surface area contributed by atoms with Crippen LogP contribution < -0.4 is 5.32 Å². The summed E-state index contributed by atoms with van der Waals surface area (Å²) >= 11 is 0. The van der Waals surface area contributed by atoms with E-state index in [9.17, 15) is 9.90 Å². The molecule has 0 radical (unpaired) electrons. The van der Waals surface area contributed by atoms with Crippen molar-refractivity contribution in [3.8, 4) is 17.2 Å². The van der Waals surface area contributed by atoms with Crippen molar-refractivity contribution in [1.82, 2.24) is 4.90 Å². The quantitative estimate of drug-likeness (QED) is 0.855. The maximum absolute atomic E-state index is 12.6. The lowest BCUT2D eigenvalue weighted by atomic mass is 9.82. The topological polar surface area (TPSA) is 85.6 Å². The van der Waals surface area contributed by atoms with Crippen molar-refractivity contribution in [1.29, 1.82) is 5.26 Å². The van der Waals surface area contributed by atoms with Crippen molar-refractivity contribution in [3.05, 3.63) is 53.6 Å². The summed E-state index contributed by atoms with van der Waals surface area (Å²) in [5, 5.41) is 22.3. The molecular weight excluding hydrogens is 354 g/mol. The zero-order valence-electron chi connectivity index (χ0n) is 15.8. The minimum atomic E-state index is -0.0746. The highest BCUT2D eigenvalue weighted by atomic mass is 16.5. The average molecular weight is 377 g/mol. The van der Waals surface area contributed by atoms with Gasteiger partial charge in [0, 0.05) is 25.3 Å². The van der Waals surface area contributed by atoms with E-state index in [0.29, 0.717) is 12.1 Å². The Balaban J connectivity index is 1.75. The molecule has 28 heavy (non-hydrogen) atoms. The molecule has 0 saturated carbocycles. The number of nitrogens with one attached hydrogen (secondary N) is 1. The number of hydrogen-bond donors (Lipinski definition) is 2. The van der Waals surface area contributed by atoms with Crippen LogP contribution >= 0.6 is 0 Å². The summed E-state index contributed by atoms with van der Waals surface area (Å²) in [7, 11) is 1.53. The third kappa shape index (κ3) is 3.13. The summed E-state index contributed by atoms with van der Waals surface area (Å²) in [6, 6.07) is 15.6. The third-order valence-corrected chi connectivity index (χ3v) is 5.80. The highest BCUT2D eigenvalue weighted by molar-refractivity contribution is 5.80. The second-order valence-electron chi connectivity index (χ2n) is 7.34. The normalized spacial score (nSPS) is 22.8. The van der Waals surface area contributed by atoms with E-state index in [-0.39, 0.29) is 37.1 Å². The fraction of sp³-hybridized carbons (Fsp3) is 0.364. The number of anilines is 1. The number of rotatable bonds is 4. The minimum absolute atomic E-state index is 0.0247. The van der Waals surface area contributed by atoms with Crippen LogP contribution in [0.4, 0.5) is 5.69 Å². The minimum Gasteiger partial charge on any atom is -0.394 e. The zero-order valence-corrected chi connectivity index (χ0v) is 15.8. The van der Waals surface area contributed by atoms with Crippen LogP contribution in [0.25, 0.3) is 11.1 Å². The van der Waals surface area contributed by atoms with Gasteiger partial charge in [0.25, 0.3) is 0 Å². The van der Waals surface area contributed by atoms with Gasteiger partial charge in [0.2, 0.25) is 5.91 Å². The summed E-state index contributed by atoms with van der Waals surface area (Å²) in [5.41, 5.74) is 4.71. The van der Waals surface area contributed by atoms with Crippen LogP contribution in [0.15, 0.2) is 42.5 Å². The van der Waals surface area contributed by atoms with E-state index in [2.05, 4.69) is 17.5 Å². The Morgan fingerprint density at radius 1 is 1.29 bits per heavy atom. The van der Waals surface area contributed by atoms with E-state index in [1.165, 1.54) is 7.11 Å². The maximum Gasteiger partial charge on any atom is 0.249 e. The first-order chi connectivity index (χ1) is 13.7. The zero-order chi connectivity index (χ0) is 19.7. The molecule has 1 saturated heterocycles. The van der Waals surface area contributed by atoms with Crippen molar-refractivity contribution in [2.24, 2.45) is 5.92 Å². The molecule has 0 aliphatic carbocycles. The van der Waals surface area contributed by atoms with Gasteiger partial charge in [-0.1, -0.05) is 18.2 Å². The molecule has 0 unspecified atom stereocenters. The van der Waals surface area contributed by atoms with Gasteiger partial charge < -0.3 is 20.1 Å². The molecule has 4 rings (SSSR count). The number of amides is 1. The molecule has 2 N–H and O–H groups in total. The molecule has 0 bridgehead atoms. The molecule has 2 aromatic rings. The Morgan fingerprint density at radius 3 is 2.71 bits per heavy atom. The molecule has 6 nitrogen and oxygen atoms in total. The summed E-state index contributed by atoms with van der Waals surface area (Å²) in [4.78, 5) is 14.5. The van der Waals surface area contributed by atoms with Gasteiger partial charge in [-0.05, 0) is 47.4 Å². The fourth-order valence-corrected chi connectivity index (χ4v) is 4.47. The smallest absolute Gasteiger partial charge is 0.249 e. The highest BCUT2D eigenvalue weighted by Crippen LogP contribution is 2.47. The van der Waals surface area contributed by atoms with Gasteiger partial charge in [0.15, 0.2) is 0 Å². The highest BCUT2D eigenvalue weighted by Gasteiger charge is 2.45. The first-order valence-corrected chi connectivity index (χ1v) is 9.46. The van der Waals surface area contributed by atoms with E-state index in [4.69, 9.17) is 10.00 Å². The maximum atomic E-state index is 12.6. The second-order valence-corrected chi connectivity index (χ2v) is 7.34. The van der Waals surface area contributed by atoms with E-state index >= 15 is 0 Å². The second kappa shape index (κ2) is 7.63. The molecule has 3 atom stereocenters. The molecular formula is C22H23N3O3. The van der Waals surface area contributed by atoms with Crippen molar-refractivity contribution < 1.29 is 14.6 Å². The Labute approximate surface area is 164 Å². The van der Waals surface area contributed by atoms with Gasteiger partial charge in [-0.25, -0.2) is 0 Å². The van der Waals surface area contributed by atoms with Gasteiger partial charge in [-0.15, -0.1) is 0 Å². The van der Waals surface area contributed by atoms with Crippen molar-refractivity contribution in [2.45, 2.75) is 18.5 Å². The monoisotopic (exact) mass is 377 g/mol. The van der Waals surface area contributed by atoms with E-state index in [1.807, 2.05) is 41.3 Å². The summed E-state index contributed by atoms with van der Waals surface area (Å²) in [6.07, 6.45) is 0.846. The first kappa shape index (κ1) is 18.5. The van der Waals surface area contributed by atoms with Crippen molar-refractivity contribution >= 4 is 11.6 Å². The third-order valence-electron chi connectivity index (χ3n) is 5.80. The number of hydrogen-bond acceptors (Lipinski definition) is 5. The standard InChI is InChI=1S/C22H23N3O3/c1-28-13-21(27)25-9-8-17-20(12-26)24-19-7-6-16(10-18(19)22(17)25)15-4-2-14(11-23)3-5-15/h2-7,10,17,20,22,24,26H,8-9,12-13H2,1H3/t17-,20+,22-/m0/s1. The number of methoxy groups -OCH3 is 1. The van der Waals surface area contributed by atoms with Crippen LogP contribution in [0.3, 0.4) is 0 Å². The van der Waals surface area contributed by atoms with Crippen molar-refractivity contribution in [2.75, 3.05) is 32.2 Å². The van der Waals surface area contributed by atoms with Crippen LogP contribution in [0.2, 0.25) is 0 Å². The average Bonchev–Trinajstić information content (AvgIpc) is 3.19. The van der Waals surface area contributed by atoms with Crippen LogP contribution in [0, 0.1) is 17.2 Å². The number of likely N-dealkylation sites (tertiary alicyclic amines) is 1. The summed E-state index contributed by atoms with van der Waals surface area (Å²) in [5.74, 6) is 0.137. The lowest BCUT2D eigenvalue weighted by Gasteiger charge is -2.39.